The zero-order valence-electron chi connectivity index (χ0n) is 16.1. The molecule has 2 heterocycles. The zero-order valence-corrected chi connectivity index (χ0v) is 16.9. The lowest BCUT2D eigenvalue weighted by molar-refractivity contribution is -0.118. The van der Waals surface area contributed by atoms with Crippen LogP contribution < -0.4 is 10.1 Å². The highest BCUT2D eigenvalue weighted by molar-refractivity contribution is 8.00. The van der Waals surface area contributed by atoms with Crippen LogP contribution in [0.3, 0.4) is 0 Å². The van der Waals surface area contributed by atoms with Crippen molar-refractivity contribution in [3.8, 4) is 5.75 Å². The van der Waals surface area contributed by atoms with E-state index in [9.17, 15) is 9.59 Å². The monoisotopic (exact) mass is 400 g/mol. The fourth-order valence-electron chi connectivity index (χ4n) is 3.87. The molecule has 0 bridgehead atoms. The maximum atomic E-state index is 13.0. The van der Waals surface area contributed by atoms with Crippen LogP contribution in [0.1, 0.15) is 61.3 Å². The van der Waals surface area contributed by atoms with E-state index in [0.29, 0.717) is 23.0 Å². The summed E-state index contributed by atoms with van der Waals surface area (Å²) in [4.78, 5) is 24.5. The molecular weight excluding hydrogens is 376 g/mol. The molecule has 1 N–H and O–H groups in total. The lowest BCUT2D eigenvalue weighted by atomic mass is 9.95. The van der Waals surface area contributed by atoms with Gasteiger partial charge in [-0.05, 0) is 44.9 Å². The molecule has 4 rings (SSSR count). The minimum absolute atomic E-state index is 0.00270. The number of ketones is 1. The molecule has 1 saturated carbocycles. The Bertz CT molecular complexity index is 905. The molecule has 1 aromatic heterocycles. The molecule has 1 fully saturated rings. The van der Waals surface area contributed by atoms with Gasteiger partial charge in [0.15, 0.2) is 17.5 Å². The molecule has 7 nitrogen and oxygen atoms in total. The minimum atomic E-state index is -0.316. The van der Waals surface area contributed by atoms with E-state index < -0.39 is 0 Å². The van der Waals surface area contributed by atoms with Gasteiger partial charge in [0, 0.05) is 11.6 Å². The van der Waals surface area contributed by atoms with Crippen molar-refractivity contribution < 1.29 is 14.3 Å². The summed E-state index contributed by atoms with van der Waals surface area (Å²) in [6.07, 6.45) is 6.01. The number of benzene rings is 1. The highest BCUT2D eigenvalue weighted by Gasteiger charge is 2.26. The number of amides is 1. The second kappa shape index (κ2) is 7.95. The Balaban J connectivity index is 1.51. The van der Waals surface area contributed by atoms with E-state index >= 15 is 0 Å². The Kier molecular flexibility index (Phi) is 5.39. The third kappa shape index (κ3) is 3.78. The molecule has 0 radical (unpaired) electrons. The number of fused-ring (bicyclic) bond motifs is 1. The molecule has 8 heteroatoms. The smallest absolute Gasteiger partial charge is 0.262 e. The predicted molar refractivity (Wildman–Crippen MR) is 107 cm³/mol. The zero-order chi connectivity index (χ0) is 19.7. The number of carbonyl (C=O) groups is 2. The Morgan fingerprint density at radius 1 is 1.29 bits per heavy atom. The highest BCUT2D eigenvalue weighted by Crippen LogP contribution is 2.35. The predicted octanol–water partition coefficient (Wildman–Crippen LogP) is 3.79. The SMILES string of the molecule is Cc1nnc(S[C@@H](C)C(=O)c2ccc3c(c2)NC(=O)CO3)n1C1CCCCC1. The first-order valence-electron chi connectivity index (χ1n) is 9.72. The van der Waals surface area contributed by atoms with E-state index in [1.807, 2.05) is 13.8 Å². The third-order valence-corrected chi connectivity index (χ3v) is 6.38. The number of ether oxygens (including phenoxy) is 1. The molecule has 28 heavy (non-hydrogen) atoms. The molecule has 1 aliphatic carbocycles. The quantitative estimate of drug-likeness (QED) is 0.607. The number of rotatable bonds is 5. The molecule has 0 spiro atoms. The van der Waals surface area contributed by atoms with Crippen molar-refractivity contribution >= 4 is 29.1 Å². The van der Waals surface area contributed by atoms with Crippen LogP contribution in [0.5, 0.6) is 5.75 Å². The molecule has 148 valence electrons. The number of hydrogen-bond donors (Lipinski definition) is 1. The van der Waals surface area contributed by atoms with Gasteiger partial charge in [0.1, 0.15) is 11.6 Å². The first kappa shape index (κ1) is 19.0. The summed E-state index contributed by atoms with van der Waals surface area (Å²) >= 11 is 1.45. The summed E-state index contributed by atoms with van der Waals surface area (Å²) < 4.78 is 7.56. The molecule has 0 unspecified atom stereocenters. The first-order chi connectivity index (χ1) is 13.5. The Morgan fingerprint density at radius 2 is 2.07 bits per heavy atom. The molecule has 1 atom stereocenters. The minimum Gasteiger partial charge on any atom is -0.482 e. The van der Waals surface area contributed by atoms with Gasteiger partial charge in [-0.1, -0.05) is 31.0 Å². The van der Waals surface area contributed by atoms with Crippen LogP contribution >= 0.6 is 11.8 Å². The average molecular weight is 401 g/mol. The van der Waals surface area contributed by atoms with E-state index in [4.69, 9.17) is 4.74 Å². The number of nitrogens with zero attached hydrogens (tertiary/aromatic N) is 3. The molecule has 1 aromatic carbocycles. The van der Waals surface area contributed by atoms with Crippen molar-refractivity contribution in [2.75, 3.05) is 11.9 Å². The van der Waals surface area contributed by atoms with Gasteiger partial charge in [-0.3, -0.25) is 9.59 Å². The first-order valence-corrected chi connectivity index (χ1v) is 10.6. The Hall–Kier alpha value is -2.35. The molecule has 1 aliphatic heterocycles. The van der Waals surface area contributed by atoms with Gasteiger partial charge in [0.25, 0.3) is 5.91 Å². The fraction of sp³-hybridized carbons (Fsp3) is 0.500. The van der Waals surface area contributed by atoms with Crippen LogP contribution in [0.4, 0.5) is 5.69 Å². The van der Waals surface area contributed by atoms with Crippen molar-refractivity contribution in [2.45, 2.75) is 62.4 Å². The summed E-state index contributed by atoms with van der Waals surface area (Å²) in [5, 5.41) is 11.8. The maximum absolute atomic E-state index is 13.0. The fourth-order valence-corrected chi connectivity index (χ4v) is 4.91. The highest BCUT2D eigenvalue weighted by atomic mass is 32.2. The third-order valence-electron chi connectivity index (χ3n) is 5.32. The number of nitrogens with one attached hydrogen (secondary N) is 1. The summed E-state index contributed by atoms with van der Waals surface area (Å²) in [5.74, 6) is 1.27. The van der Waals surface area contributed by atoms with E-state index in [-0.39, 0.29) is 23.5 Å². The van der Waals surface area contributed by atoms with Crippen LogP contribution in [0.25, 0.3) is 0 Å². The second-order valence-electron chi connectivity index (χ2n) is 7.36. The van der Waals surface area contributed by atoms with E-state index in [1.54, 1.807) is 18.2 Å². The van der Waals surface area contributed by atoms with Crippen LogP contribution in [0.15, 0.2) is 23.4 Å². The molecule has 2 aromatic rings. The molecular formula is C20H24N4O3S. The summed E-state index contributed by atoms with van der Waals surface area (Å²) in [7, 11) is 0. The van der Waals surface area contributed by atoms with Crippen LogP contribution in [0.2, 0.25) is 0 Å². The lowest BCUT2D eigenvalue weighted by Crippen LogP contribution is -2.26. The molecule has 2 aliphatic rings. The van der Waals surface area contributed by atoms with Crippen LogP contribution in [-0.2, 0) is 4.79 Å². The van der Waals surface area contributed by atoms with Gasteiger partial charge in [-0.25, -0.2) is 0 Å². The number of aromatic nitrogens is 3. The van der Waals surface area contributed by atoms with E-state index in [1.165, 1.54) is 31.0 Å². The van der Waals surface area contributed by atoms with Crippen LogP contribution in [-0.4, -0.2) is 38.3 Å². The lowest BCUT2D eigenvalue weighted by Gasteiger charge is -2.25. The number of carbonyl (C=O) groups excluding carboxylic acids is 2. The van der Waals surface area contributed by atoms with Crippen molar-refractivity contribution in [3.63, 3.8) is 0 Å². The summed E-state index contributed by atoms with van der Waals surface area (Å²) in [6.45, 7) is 3.86. The Morgan fingerprint density at radius 3 is 2.86 bits per heavy atom. The Labute approximate surface area is 168 Å². The number of thioether (sulfide) groups is 1. The van der Waals surface area contributed by atoms with Gasteiger partial charge in [-0.15, -0.1) is 10.2 Å². The van der Waals surface area contributed by atoms with E-state index in [2.05, 4.69) is 20.1 Å². The van der Waals surface area contributed by atoms with Gasteiger partial charge in [0.05, 0.1) is 10.9 Å². The van der Waals surface area contributed by atoms with Crippen molar-refractivity contribution in [2.24, 2.45) is 0 Å². The van der Waals surface area contributed by atoms with Crippen molar-refractivity contribution in [1.29, 1.82) is 0 Å². The molecule has 0 saturated heterocycles. The summed E-state index contributed by atoms with van der Waals surface area (Å²) in [6, 6.07) is 5.58. The normalized spacial score (nSPS) is 18.1. The average Bonchev–Trinajstić information content (AvgIpc) is 3.07. The maximum Gasteiger partial charge on any atom is 0.262 e. The van der Waals surface area contributed by atoms with Gasteiger partial charge >= 0.3 is 0 Å². The standard InChI is InChI=1S/C20H24N4O3S/c1-12(19(26)14-8-9-17-16(10-14)21-18(25)11-27-17)28-20-23-22-13(2)24(20)15-6-4-3-5-7-15/h8-10,12,15H,3-7,11H2,1-2H3,(H,21,25)/t12-/m0/s1. The number of aryl methyl sites for hydroxylation is 1. The number of anilines is 1. The van der Waals surface area contributed by atoms with Crippen LogP contribution in [0, 0.1) is 6.92 Å². The van der Waals surface area contributed by atoms with E-state index in [0.717, 1.165) is 23.8 Å². The van der Waals surface area contributed by atoms with Gasteiger partial charge in [-0.2, -0.15) is 0 Å². The summed E-state index contributed by atoms with van der Waals surface area (Å²) in [5.41, 5.74) is 1.09. The van der Waals surface area contributed by atoms with Crippen molar-refractivity contribution in [3.05, 3.63) is 29.6 Å². The number of hydrogen-bond acceptors (Lipinski definition) is 6. The van der Waals surface area contributed by atoms with Gasteiger partial charge in [0.2, 0.25) is 0 Å². The topological polar surface area (TPSA) is 86.1 Å². The van der Waals surface area contributed by atoms with Gasteiger partial charge < -0.3 is 14.6 Å². The molecule has 1 amide bonds. The second-order valence-corrected chi connectivity index (χ2v) is 8.67. The van der Waals surface area contributed by atoms with Crippen molar-refractivity contribution in [1.82, 2.24) is 14.8 Å². The number of Topliss-reactive ketones (excluding diaryl/α,β-unsaturated/α-hetero) is 1. The largest absolute Gasteiger partial charge is 0.482 e.